The molecule has 0 radical (unpaired) electrons. The zero-order valence-corrected chi connectivity index (χ0v) is 9.32. The summed E-state index contributed by atoms with van der Waals surface area (Å²) in [4.78, 5) is 2.20. The topological polar surface area (TPSA) is 47.1 Å². The van der Waals surface area contributed by atoms with E-state index in [0.717, 1.165) is 30.9 Å². The van der Waals surface area contributed by atoms with Gasteiger partial charge in [-0.15, -0.1) is 0 Å². The van der Waals surface area contributed by atoms with Gasteiger partial charge in [-0.25, -0.2) is 0 Å². The fraction of sp³-hybridized carbons (Fsp3) is 0.700. The molecule has 1 rings (SSSR count). The molecule has 4 heteroatoms. The molecule has 1 aromatic rings. The largest absolute Gasteiger partial charge is 0.396 e. The quantitative estimate of drug-likeness (QED) is 0.718. The minimum Gasteiger partial charge on any atom is -0.396 e. The number of nitrogens with zero attached hydrogens (tertiary/aromatic N) is 3. The summed E-state index contributed by atoms with van der Waals surface area (Å²) in [5.74, 6) is 0. The number of rotatable bonds is 5. The van der Waals surface area contributed by atoms with Crippen LogP contribution in [0.5, 0.6) is 0 Å². The van der Waals surface area contributed by atoms with Crippen molar-refractivity contribution in [2.24, 2.45) is 0 Å². The summed E-state index contributed by atoms with van der Waals surface area (Å²) in [5.41, 5.74) is 7.42. The highest BCUT2D eigenvalue weighted by atomic mass is 15.3. The summed E-state index contributed by atoms with van der Waals surface area (Å²) in [7, 11) is 4.19. The van der Waals surface area contributed by atoms with Gasteiger partial charge in [0.05, 0.1) is 11.4 Å². The minimum atomic E-state index is 0.789. The third-order valence-electron chi connectivity index (χ3n) is 2.23. The Balaban J connectivity index is 2.25. The maximum atomic E-state index is 5.70. The van der Waals surface area contributed by atoms with Crippen molar-refractivity contribution in [3.05, 3.63) is 11.9 Å². The minimum absolute atomic E-state index is 0.789. The van der Waals surface area contributed by atoms with Crippen molar-refractivity contribution >= 4 is 5.69 Å². The summed E-state index contributed by atoms with van der Waals surface area (Å²) in [5, 5.41) is 4.30. The van der Waals surface area contributed by atoms with E-state index in [-0.39, 0.29) is 0 Å². The van der Waals surface area contributed by atoms with E-state index in [4.69, 9.17) is 5.73 Å². The molecule has 4 nitrogen and oxygen atoms in total. The van der Waals surface area contributed by atoms with Crippen LogP contribution in [0.3, 0.4) is 0 Å². The lowest BCUT2D eigenvalue weighted by Crippen LogP contribution is -2.13. The lowest BCUT2D eigenvalue weighted by atomic mass is 10.3. The van der Waals surface area contributed by atoms with Gasteiger partial charge < -0.3 is 10.6 Å². The molecular formula is C10H20N4. The molecule has 0 spiro atoms. The van der Waals surface area contributed by atoms with Crippen molar-refractivity contribution in [1.29, 1.82) is 0 Å². The number of hydrogen-bond acceptors (Lipinski definition) is 3. The molecule has 0 aromatic carbocycles. The molecule has 1 heterocycles. The molecule has 0 amide bonds. The molecule has 0 aliphatic carbocycles. The Hall–Kier alpha value is -1.03. The van der Waals surface area contributed by atoms with Crippen molar-refractivity contribution < 1.29 is 0 Å². The number of nitrogens with two attached hydrogens (primary N) is 1. The predicted molar refractivity (Wildman–Crippen MR) is 59.2 cm³/mol. The van der Waals surface area contributed by atoms with Crippen molar-refractivity contribution in [3.63, 3.8) is 0 Å². The first-order valence-electron chi connectivity index (χ1n) is 5.04. The zero-order valence-electron chi connectivity index (χ0n) is 9.32. The fourth-order valence-electron chi connectivity index (χ4n) is 1.35. The molecule has 14 heavy (non-hydrogen) atoms. The Kier molecular flexibility index (Phi) is 3.95. The number of aromatic nitrogens is 2. The monoisotopic (exact) mass is 196 g/mol. The molecule has 2 N–H and O–H groups in total. The van der Waals surface area contributed by atoms with Gasteiger partial charge in [-0.3, -0.25) is 4.68 Å². The lowest BCUT2D eigenvalue weighted by Gasteiger charge is -2.08. The van der Waals surface area contributed by atoms with Gasteiger partial charge in [-0.2, -0.15) is 5.10 Å². The number of hydrogen-bond donors (Lipinski definition) is 1. The van der Waals surface area contributed by atoms with Crippen LogP contribution in [0.15, 0.2) is 6.20 Å². The van der Waals surface area contributed by atoms with Crippen LogP contribution in [0.2, 0.25) is 0 Å². The van der Waals surface area contributed by atoms with Crippen LogP contribution >= 0.6 is 0 Å². The third kappa shape index (κ3) is 3.38. The second-order valence-corrected chi connectivity index (χ2v) is 3.94. The van der Waals surface area contributed by atoms with E-state index in [1.54, 1.807) is 0 Å². The van der Waals surface area contributed by atoms with E-state index >= 15 is 0 Å². The Morgan fingerprint density at radius 3 is 2.64 bits per heavy atom. The molecule has 0 bridgehead atoms. The van der Waals surface area contributed by atoms with E-state index < -0.39 is 0 Å². The lowest BCUT2D eigenvalue weighted by molar-refractivity contribution is 0.384. The first-order valence-corrected chi connectivity index (χ1v) is 5.04. The first kappa shape index (κ1) is 11.0. The van der Waals surface area contributed by atoms with E-state index in [1.165, 1.54) is 6.42 Å². The second kappa shape index (κ2) is 5.00. The molecule has 80 valence electrons. The highest BCUT2D eigenvalue weighted by molar-refractivity contribution is 5.39. The van der Waals surface area contributed by atoms with Gasteiger partial charge in [0.15, 0.2) is 0 Å². The van der Waals surface area contributed by atoms with E-state index in [9.17, 15) is 0 Å². The maximum absolute atomic E-state index is 5.70. The van der Waals surface area contributed by atoms with Crippen LogP contribution in [0.4, 0.5) is 5.69 Å². The Labute approximate surface area is 85.7 Å². The average molecular weight is 196 g/mol. The normalized spacial score (nSPS) is 11.1. The van der Waals surface area contributed by atoms with Gasteiger partial charge in [0.25, 0.3) is 0 Å². The molecule has 0 fully saturated rings. The van der Waals surface area contributed by atoms with Gasteiger partial charge in [-0.05, 0) is 40.4 Å². The fourth-order valence-corrected chi connectivity index (χ4v) is 1.35. The second-order valence-electron chi connectivity index (χ2n) is 3.94. The Morgan fingerprint density at radius 2 is 2.14 bits per heavy atom. The van der Waals surface area contributed by atoms with Crippen LogP contribution in [-0.4, -0.2) is 35.3 Å². The summed E-state index contributed by atoms with van der Waals surface area (Å²) in [6, 6.07) is 0. The van der Waals surface area contributed by atoms with E-state index in [1.807, 2.05) is 17.8 Å². The van der Waals surface area contributed by atoms with Gasteiger partial charge >= 0.3 is 0 Å². The Bertz CT molecular complexity index is 258. The van der Waals surface area contributed by atoms with Gasteiger partial charge in [0.1, 0.15) is 0 Å². The average Bonchev–Trinajstić information content (AvgIpc) is 2.40. The number of aryl methyl sites for hydroxylation is 2. The first-order chi connectivity index (χ1) is 6.59. The van der Waals surface area contributed by atoms with Crippen LogP contribution < -0.4 is 5.73 Å². The predicted octanol–water partition coefficient (Wildman–Crippen LogP) is 1.12. The van der Waals surface area contributed by atoms with Crippen LogP contribution in [0.1, 0.15) is 18.5 Å². The smallest absolute Gasteiger partial charge is 0.0822 e. The molecule has 1 aromatic heterocycles. The summed E-state index contributed by atoms with van der Waals surface area (Å²) < 4.78 is 1.93. The number of unbranched alkanes of at least 4 members (excludes halogenated alkanes) is 1. The highest BCUT2D eigenvalue weighted by Crippen LogP contribution is 2.07. The summed E-state index contributed by atoms with van der Waals surface area (Å²) in [6.07, 6.45) is 4.26. The van der Waals surface area contributed by atoms with E-state index in [2.05, 4.69) is 24.1 Å². The van der Waals surface area contributed by atoms with Crippen molar-refractivity contribution in [1.82, 2.24) is 14.7 Å². The molecule has 0 aliphatic heterocycles. The van der Waals surface area contributed by atoms with E-state index in [0.29, 0.717) is 0 Å². The molecule has 0 unspecified atom stereocenters. The van der Waals surface area contributed by atoms with Gasteiger partial charge in [0.2, 0.25) is 0 Å². The zero-order chi connectivity index (χ0) is 10.6. The Morgan fingerprint density at radius 1 is 1.43 bits per heavy atom. The van der Waals surface area contributed by atoms with Gasteiger partial charge in [0, 0.05) is 12.7 Å². The van der Waals surface area contributed by atoms with Crippen LogP contribution in [-0.2, 0) is 6.54 Å². The van der Waals surface area contributed by atoms with Crippen LogP contribution in [0, 0.1) is 6.92 Å². The number of nitrogen functional groups attached to an aromatic ring is 1. The maximum Gasteiger partial charge on any atom is 0.0822 e. The summed E-state index contributed by atoms with van der Waals surface area (Å²) in [6.45, 7) is 4.03. The van der Waals surface area contributed by atoms with Crippen molar-refractivity contribution in [2.75, 3.05) is 26.4 Å². The molecular weight excluding hydrogens is 176 g/mol. The molecule has 0 saturated heterocycles. The number of anilines is 1. The third-order valence-corrected chi connectivity index (χ3v) is 2.23. The van der Waals surface area contributed by atoms with Gasteiger partial charge in [-0.1, -0.05) is 0 Å². The standard InChI is InChI=1S/C10H20N4/c1-9-10(11)8-14(12-9)7-5-4-6-13(2)3/h8H,4-7,11H2,1-3H3. The molecule has 0 aliphatic rings. The molecule has 0 atom stereocenters. The SMILES string of the molecule is Cc1nn(CCCCN(C)C)cc1N. The van der Waals surface area contributed by atoms with Crippen LogP contribution in [0.25, 0.3) is 0 Å². The highest BCUT2D eigenvalue weighted by Gasteiger charge is 1.99. The molecule has 0 saturated carbocycles. The summed E-state index contributed by atoms with van der Waals surface area (Å²) >= 11 is 0. The van der Waals surface area contributed by atoms with Crippen molar-refractivity contribution in [2.45, 2.75) is 26.3 Å². The van der Waals surface area contributed by atoms with Crippen molar-refractivity contribution in [3.8, 4) is 0 Å².